The molecule has 17 heavy (non-hydrogen) atoms. The van der Waals surface area contributed by atoms with E-state index in [4.69, 9.17) is 0 Å². The molecule has 0 amide bonds. The first-order chi connectivity index (χ1) is 7.99. The largest absolute Gasteiger partial charge is 0.308 e. The molecule has 0 aliphatic heterocycles. The van der Waals surface area contributed by atoms with Gasteiger partial charge in [-0.25, -0.2) is 4.98 Å². The molecule has 1 N–H and O–H groups in total. The van der Waals surface area contributed by atoms with Crippen molar-refractivity contribution >= 4 is 11.3 Å². The summed E-state index contributed by atoms with van der Waals surface area (Å²) in [6, 6.07) is 0.562. The van der Waals surface area contributed by atoms with Crippen molar-refractivity contribution in [1.29, 1.82) is 0 Å². The molecule has 0 bridgehead atoms. The summed E-state index contributed by atoms with van der Waals surface area (Å²) in [6.07, 6.45) is 1.22. The Labute approximate surface area is 109 Å². The van der Waals surface area contributed by atoms with Crippen molar-refractivity contribution in [2.24, 2.45) is 5.92 Å². The van der Waals surface area contributed by atoms with E-state index in [2.05, 4.69) is 50.1 Å². The zero-order chi connectivity index (χ0) is 12.8. The lowest BCUT2D eigenvalue weighted by Gasteiger charge is -2.23. The molecule has 1 aromatic rings. The minimum atomic E-state index is 0.562. The fourth-order valence-electron chi connectivity index (χ4n) is 1.97. The second kappa shape index (κ2) is 7.09. The van der Waals surface area contributed by atoms with E-state index in [0.717, 1.165) is 24.7 Å². The minimum Gasteiger partial charge on any atom is -0.308 e. The first-order valence-corrected chi connectivity index (χ1v) is 7.14. The third-order valence-corrected chi connectivity index (χ3v) is 3.67. The second-order valence-electron chi connectivity index (χ2n) is 5.33. The van der Waals surface area contributed by atoms with Crippen LogP contribution in [0.25, 0.3) is 0 Å². The Morgan fingerprint density at radius 2 is 2.12 bits per heavy atom. The van der Waals surface area contributed by atoms with Crippen LogP contribution in [0.5, 0.6) is 0 Å². The fourth-order valence-corrected chi connectivity index (χ4v) is 2.69. The van der Waals surface area contributed by atoms with E-state index < -0.39 is 0 Å². The minimum absolute atomic E-state index is 0.562. The Balaban J connectivity index is 2.45. The Morgan fingerprint density at radius 1 is 1.41 bits per heavy atom. The summed E-state index contributed by atoms with van der Waals surface area (Å²) in [4.78, 5) is 7.89. The molecule has 4 heteroatoms. The van der Waals surface area contributed by atoms with E-state index >= 15 is 0 Å². The Bertz CT molecular complexity index is 310. The van der Waals surface area contributed by atoms with Gasteiger partial charge in [0, 0.05) is 24.0 Å². The fraction of sp³-hybridized carbons (Fsp3) is 0.769. The molecule has 0 radical (unpaired) electrons. The summed E-state index contributed by atoms with van der Waals surface area (Å²) in [7, 11) is 4.26. The number of aromatic nitrogens is 1. The summed E-state index contributed by atoms with van der Waals surface area (Å²) in [5.74, 6) is 0.731. The van der Waals surface area contributed by atoms with Crippen molar-refractivity contribution in [3.8, 4) is 0 Å². The standard InChI is InChI=1S/C13H25N3S/c1-10(2)6-12(8-16(4)5)14-7-13-11(3)15-9-17-13/h9-10,12,14H,6-8H2,1-5H3. The van der Waals surface area contributed by atoms with Gasteiger partial charge in [0.2, 0.25) is 0 Å². The number of hydrogen-bond donors (Lipinski definition) is 1. The SMILES string of the molecule is Cc1ncsc1CNC(CC(C)C)CN(C)C. The Morgan fingerprint density at radius 3 is 2.59 bits per heavy atom. The third-order valence-electron chi connectivity index (χ3n) is 2.74. The van der Waals surface area contributed by atoms with Crippen LogP contribution in [0.4, 0.5) is 0 Å². The number of thiazole rings is 1. The topological polar surface area (TPSA) is 28.2 Å². The predicted octanol–water partition coefficient (Wildman–Crippen LogP) is 2.52. The first kappa shape index (κ1) is 14.6. The maximum Gasteiger partial charge on any atom is 0.0798 e. The second-order valence-corrected chi connectivity index (χ2v) is 6.27. The van der Waals surface area contributed by atoms with Crippen LogP contribution in [0.15, 0.2) is 5.51 Å². The molecule has 1 aromatic heterocycles. The van der Waals surface area contributed by atoms with Crippen LogP contribution in [0.3, 0.4) is 0 Å². The highest BCUT2D eigenvalue weighted by molar-refractivity contribution is 7.09. The lowest BCUT2D eigenvalue weighted by molar-refractivity contribution is 0.305. The van der Waals surface area contributed by atoms with Crippen molar-refractivity contribution < 1.29 is 0 Å². The van der Waals surface area contributed by atoms with Crippen LogP contribution in [0.1, 0.15) is 30.8 Å². The molecule has 0 aliphatic carbocycles. The van der Waals surface area contributed by atoms with E-state index in [1.54, 1.807) is 11.3 Å². The number of likely N-dealkylation sites (N-methyl/N-ethyl adjacent to an activating group) is 1. The van der Waals surface area contributed by atoms with Gasteiger partial charge in [0.1, 0.15) is 0 Å². The summed E-state index contributed by atoms with van der Waals surface area (Å²) in [5.41, 5.74) is 3.09. The van der Waals surface area contributed by atoms with Crippen molar-refractivity contribution in [1.82, 2.24) is 15.2 Å². The maximum atomic E-state index is 4.28. The number of nitrogens with zero attached hydrogens (tertiary/aromatic N) is 2. The highest BCUT2D eigenvalue weighted by atomic mass is 32.1. The zero-order valence-corrected chi connectivity index (χ0v) is 12.5. The van der Waals surface area contributed by atoms with Gasteiger partial charge in [-0.15, -0.1) is 11.3 Å². The Kier molecular flexibility index (Phi) is 6.09. The Hall–Kier alpha value is -0.450. The van der Waals surface area contributed by atoms with Gasteiger partial charge in [-0.2, -0.15) is 0 Å². The molecule has 1 unspecified atom stereocenters. The van der Waals surface area contributed by atoms with E-state index in [9.17, 15) is 0 Å². The molecule has 1 atom stereocenters. The summed E-state index contributed by atoms with van der Waals surface area (Å²) in [6.45, 7) is 8.68. The van der Waals surface area contributed by atoms with Crippen LogP contribution < -0.4 is 5.32 Å². The summed E-state index contributed by atoms with van der Waals surface area (Å²) >= 11 is 1.74. The van der Waals surface area contributed by atoms with Crippen LogP contribution in [-0.4, -0.2) is 36.6 Å². The van der Waals surface area contributed by atoms with Gasteiger partial charge in [0.15, 0.2) is 0 Å². The van der Waals surface area contributed by atoms with E-state index in [1.807, 2.05) is 5.51 Å². The monoisotopic (exact) mass is 255 g/mol. The van der Waals surface area contributed by atoms with Crippen molar-refractivity contribution in [3.63, 3.8) is 0 Å². The average molecular weight is 255 g/mol. The van der Waals surface area contributed by atoms with Crippen molar-refractivity contribution in [2.45, 2.75) is 39.8 Å². The number of rotatable bonds is 7. The van der Waals surface area contributed by atoms with E-state index in [0.29, 0.717) is 6.04 Å². The normalized spacial score (nSPS) is 13.6. The lowest BCUT2D eigenvalue weighted by Crippen LogP contribution is -2.38. The van der Waals surface area contributed by atoms with Gasteiger partial charge in [0.05, 0.1) is 11.2 Å². The van der Waals surface area contributed by atoms with Crippen LogP contribution in [0, 0.1) is 12.8 Å². The highest BCUT2D eigenvalue weighted by Gasteiger charge is 2.12. The summed E-state index contributed by atoms with van der Waals surface area (Å²) in [5, 5.41) is 3.65. The van der Waals surface area contributed by atoms with Gasteiger partial charge in [-0.3, -0.25) is 0 Å². The quantitative estimate of drug-likeness (QED) is 0.811. The molecule has 0 spiro atoms. The zero-order valence-electron chi connectivity index (χ0n) is 11.7. The highest BCUT2D eigenvalue weighted by Crippen LogP contribution is 2.13. The predicted molar refractivity (Wildman–Crippen MR) is 75.5 cm³/mol. The molecule has 98 valence electrons. The van der Waals surface area contributed by atoms with Gasteiger partial charge < -0.3 is 10.2 Å². The van der Waals surface area contributed by atoms with Gasteiger partial charge >= 0.3 is 0 Å². The maximum absolute atomic E-state index is 4.28. The molecule has 0 fully saturated rings. The molecule has 0 saturated heterocycles. The van der Waals surface area contributed by atoms with Crippen LogP contribution in [0.2, 0.25) is 0 Å². The summed E-state index contributed by atoms with van der Waals surface area (Å²) < 4.78 is 0. The van der Waals surface area contributed by atoms with E-state index in [-0.39, 0.29) is 0 Å². The van der Waals surface area contributed by atoms with Crippen molar-refractivity contribution in [3.05, 3.63) is 16.1 Å². The smallest absolute Gasteiger partial charge is 0.0798 e. The molecular weight excluding hydrogens is 230 g/mol. The molecule has 1 rings (SSSR count). The molecule has 0 aromatic carbocycles. The molecule has 0 saturated carbocycles. The number of hydrogen-bond acceptors (Lipinski definition) is 4. The number of nitrogens with one attached hydrogen (secondary N) is 1. The van der Waals surface area contributed by atoms with Crippen LogP contribution in [-0.2, 0) is 6.54 Å². The van der Waals surface area contributed by atoms with Gasteiger partial charge in [-0.1, -0.05) is 13.8 Å². The average Bonchev–Trinajstić information content (AvgIpc) is 2.59. The van der Waals surface area contributed by atoms with Gasteiger partial charge in [0.25, 0.3) is 0 Å². The lowest BCUT2D eigenvalue weighted by atomic mass is 10.0. The third kappa shape index (κ3) is 5.61. The van der Waals surface area contributed by atoms with Gasteiger partial charge in [-0.05, 0) is 33.4 Å². The molecule has 0 aliphatic rings. The molecular formula is C13H25N3S. The van der Waals surface area contributed by atoms with Crippen LogP contribution >= 0.6 is 11.3 Å². The molecule has 3 nitrogen and oxygen atoms in total. The van der Waals surface area contributed by atoms with Crippen molar-refractivity contribution in [2.75, 3.05) is 20.6 Å². The number of aryl methyl sites for hydroxylation is 1. The van der Waals surface area contributed by atoms with E-state index in [1.165, 1.54) is 11.3 Å². The molecule has 1 heterocycles. The first-order valence-electron chi connectivity index (χ1n) is 6.26.